The molecule has 0 radical (unpaired) electrons. The first-order chi connectivity index (χ1) is 13.2. The van der Waals surface area contributed by atoms with Gasteiger partial charge in [0.15, 0.2) is 0 Å². The van der Waals surface area contributed by atoms with Gasteiger partial charge in [-0.3, -0.25) is 4.79 Å². The summed E-state index contributed by atoms with van der Waals surface area (Å²) in [6, 6.07) is 9.88. The highest BCUT2D eigenvalue weighted by Gasteiger charge is 2.29. The summed E-state index contributed by atoms with van der Waals surface area (Å²) < 4.78 is 29.0. The maximum absolute atomic E-state index is 12.7. The fraction of sp³-hybridized carbons (Fsp3) is 0.300. The zero-order valence-electron chi connectivity index (χ0n) is 16.0. The van der Waals surface area contributed by atoms with Crippen LogP contribution in [0.3, 0.4) is 0 Å². The molecule has 6 nitrogen and oxygen atoms in total. The van der Waals surface area contributed by atoms with Crippen LogP contribution in [0.5, 0.6) is 0 Å². The number of nitrogens with one attached hydrogen (secondary N) is 1. The molecule has 1 aliphatic heterocycles. The molecule has 28 heavy (non-hydrogen) atoms. The molecule has 3 rings (SSSR count). The summed E-state index contributed by atoms with van der Waals surface area (Å²) in [7, 11) is -3.85. The third-order valence-corrected chi connectivity index (χ3v) is 6.24. The quantitative estimate of drug-likeness (QED) is 0.766. The Labute approximate surface area is 170 Å². The van der Waals surface area contributed by atoms with Crippen LogP contribution in [0, 0.1) is 6.92 Å². The fourth-order valence-corrected chi connectivity index (χ4v) is 4.49. The number of amidine groups is 1. The van der Waals surface area contributed by atoms with Crippen molar-refractivity contribution in [3.05, 3.63) is 52.5 Å². The highest BCUT2D eigenvalue weighted by atomic mass is 35.5. The van der Waals surface area contributed by atoms with Gasteiger partial charge in [-0.25, -0.2) is 0 Å². The summed E-state index contributed by atoms with van der Waals surface area (Å²) in [4.78, 5) is 14.6. The third-order valence-electron chi connectivity index (χ3n) is 4.62. The lowest BCUT2D eigenvalue weighted by atomic mass is 10.1. The molecular weight excluding hydrogens is 398 g/mol. The Morgan fingerprint density at radius 3 is 2.64 bits per heavy atom. The molecule has 0 saturated heterocycles. The zero-order chi connectivity index (χ0) is 20.5. The minimum atomic E-state index is -3.85. The van der Waals surface area contributed by atoms with Crippen molar-refractivity contribution >= 4 is 44.7 Å². The summed E-state index contributed by atoms with van der Waals surface area (Å²) in [5, 5.41) is 3.29. The van der Waals surface area contributed by atoms with Crippen LogP contribution >= 0.6 is 11.6 Å². The molecule has 1 aliphatic rings. The number of hydrogen-bond donors (Lipinski definition) is 1. The van der Waals surface area contributed by atoms with Gasteiger partial charge in [0, 0.05) is 22.8 Å². The van der Waals surface area contributed by atoms with Crippen LogP contribution in [0.2, 0.25) is 5.02 Å². The lowest BCUT2D eigenvalue weighted by Gasteiger charge is -2.29. The minimum absolute atomic E-state index is 0.0460. The first-order valence-corrected chi connectivity index (χ1v) is 10.9. The van der Waals surface area contributed by atoms with Crippen molar-refractivity contribution in [2.24, 2.45) is 4.40 Å². The Hall–Kier alpha value is -2.38. The smallest absolute Gasteiger partial charge is 0.286 e. The first-order valence-electron chi connectivity index (χ1n) is 9.03. The van der Waals surface area contributed by atoms with E-state index in [0.717, 1.165) is 18.4 Å². The van der Waals surface area contributed by atoms with Crippen LogP contribution in [0.25, 0.3) is 0 Å². The molecule has 1 amide bonds. The molecule has 148 valence electrons. The SMILES string of the molecule is CCCCN1C(C)=NS(=O)(=O)c2cc(C(=O)Nc3cc(Cl)ccc3C)ccc21. The van der Waals surface area contributed by atoms with E-state index in [4.69, 9.17) is 11.6 Å². The Morgan fingerprint density at radius 1 is 1.18 bits per heavy atom. The molecule has 0 aromatic heterocycles. The lowest BCUT2D eigenvalue weighted by molar-refractivity contribution is 0.102. The number of anilines is 2. The molecule has 1 N–H and O–H groups in total. The largest absolute Gasteiger partial charge is 0.328 e. The highest BCUT2D eigenvalue weighted by Crippen LogP contribution is 2.33. The van der Waals surface area contributed by atoms with Gasteiger partial charge >= 0.3 is 0 Å². The zero-order valence-corrected chi connectivity index (χ0v) is 17.6. The van der Waals surface area contributed by atoms with Crippen LogP contribution in [0.4, 0.5) is 11.4 Å². The summed E-state index contributed by atoms with van der Waals surface area (Å²) in [5.41, 5.74) is 2.23. The van der Waals surface area contributed by atoms with Crippen LogP contribution in [0.1, 0.15) is 42.6 Å². The van der Waals surface area contributed by atoms with E-state index in [0.29, 0.717) is 28.8 Å². The van der Waals surface area contributed by atoms with Crippen molar-refractivity contribution < 1.29 is 13.2 Å². The topological polar surface area (TPSA) is 78.8 Å². The predicted octanol–water partition coefficient (Wildman–Crippen LogP) is 4.63. The molecular formula is C20H22ClN3O3S. The van der Waals surface area contributed by atoms with Crippen molar-refractivity contribution in [3.63, 3.8) is 0 Å². The Morgan fingerprint density at radius 2 is 1.93 bits per heavy atom. The van der Waals surface area contributed by atoms with E-state index in [1.54, 1.807) is 37.3 Å². The van der Waals surface area contributed by atoms with Crippen molar-refractivity contribution in [3.8, 4) is 0 Å². The molecule has 0 spiro atoms. The standard InChI is InChI=1S/C20H22ClN3O3S/c1-4-5-10-24-14(3)23-28(26,27)19-11-15(7-9-18(19)24)20(25)22-17-12-16(21)8-6-13(17)2/h6-9,11-12H,4-5,10H2,1-3H3,(H,22,25). The second-order valence-electron chi connectivity index (χ2n) is 6.71. The summed E-state index contributed by atoms with van der Waals surface area (Å²) in [5.74, 6) is 0.0300. The number of sulfonamides is 1. The van der Waals surface area contributed by atoms with Crippen molar-refractivity contribution in [2.75, 3.05) is 16.8 Å². The molecule has 0 unspecified atom stereocenters. The van der Waals surface area contributed by atoms with E-state index in [1.165, 1.54) is 6.07 Å². The second-order valence-corrected chi connectivity index (χ2v) is 8.72. The van der Waals surface area contributed by atoms with E-state index < -0.39 is 15.9 Å². The van der Waals surface area contributed by atoms with E-state index in [9.17, 15) is 13.2 Å². The number of amides is 1. The number of hydrogen-bond acceptors (Lipinski definition) is 4. The molecule has 0 saturated carbocycles. The first kappa shape index (κ1) is 20.4. The van der Waals surface area contributed by atoms with Gasteiger partial charge in [-0.1, -0.05) is 31.0 Å². The van der Waals surface area contributed by atoms with Gasteiger partial charge < -0.3 is 10.2 Å². The van der Waals surface area contributed by atoms with Gasteiger partial charge in [0.05, 0.1) is 5.69 Å². The Bertz CT molecular complexity index is 1060. The number of carbonyl (C=O) groups is 1. The molecule has 0 atom stereocenters. The monoisotopic (exact) mass is 419 g/mol. The number of carbonyl (C=O) groups excluding carboxylic acids is 1. The Balaban J connectivity index is 1.96. The predicted molar refractivity (Wildman–Crippen MR) is 113 cm³/mol. The van der Waals surface area contributed by atoms with Crippen molar-refractivity contribution in [2.45, 2.75) is 38.5 Å². The second kappa shape index (κ2) is 7.93. The lowest BCUT2D eigenvalue weighted by Crippen LogP contribution is -2.34. The number of unbranched alkanes of at least 4 members (excludes halogenated alkanes) is 1. The van der Waals surface area contributed by atoms with Gasteiger partial charge in [-0.05, 0) is 56.2 Å². The van der Waals surface area contributed by atoms with E-state index in [-0.39, 0.29) is 10.5 Å². The summed E-state index contributed by atoms with van der Waals surface area (Å²) >= 11 is 6.00. The van der Waals surface area contributed by atoms with Crippen LogP contribution < -0.4 is 10.2 Å². The number of fused-ring (bicyclic) bond motifs is 1. The fourth-order valence-electron chi connectivity index (χ4n) is 3.05. The van der Waals surface area contributed by atoms with E-state index >= 15 is 0 Å². The summed E-state index contributed by atoms with van der Waals surface area (Å²) in [6.07, 6.45) is 1.88. The van der Waals surface area contributed by atoms with Gasteiger partial charge in [-0.15, -0.1) is 4.40 Å². The van der Waals surface area contributed by atoms with Crippen molar-refractivity contribution in [1.29, 1.82) is 0 Å². The molecule has 8 heteroatoms. The van der Waals surface area contributed by atoms with Crippen LogP contribution in [-0.2, 0) is 10.0 Å². The average Bonchev–Trinajstić information content (AvgIpc) is 2.64. The molecule has 2 aromatic carbocycles. The summed E-state index contributed by atoms with van der Waals surface area (Å²) in [6.45, 7) is 6.27. The molecule has 1 heterocycles. The van der Waals surface area contributed by atoms with Gasteiger partial charge in [-0.2, -0.15) is 8.42 Å². The normalized spacial score (nSPS) is 15.0. The maximum Gasteiger partial charge on any atom is 0.286 e. The highest BCUT2D eigenvalue weighted by molar-refractivity contribution is 7.90. The molecule has 2 aromatic rings. The third kappa shape index (κ3) is 4.05. The van der Waals surface area contributed by atoms with E-state index in [1.807, 2.05) is 11.8 Å². The van der Waals surface area contributed by atoms with Gasteiger partial charge in [0.2, 0.25) is 0 Å². The number of benzene rings is 2. The minimum Gasteiger partial charge on any atom is -0.328 e. The van der Waals surface area contributed by atoms with Gasteiger partial charge in [0.1, 0.15) is 10.7 Å². The van der Waals surface area contributed by atoms with Crippen molar-refractivity contribution in [1.82, 2.24) is 0 Å². The molecule has 0 aliphatic carbocycles. The van der Waals surface area contributed by atoms with E-state index in [2.05, 4.69) is 16.6 Å². The number of rotatable bonds is 5. The average molecular weight is 420 g/mol. The van der Waals surface area contributed by atoms with Crippen LogP contribution in [-0.4, -0.2) is 26.7 Å². The maximum atomic E-state index is 12.7. The van der Waals surface area contributed by atoms with Crippen LogP contribution in [0.15, 0.2) is 45.7 Å². The van der Waals surface area contributed by atoms with Gasteiger partial charge in [0.25, 0.3) is 15.9 Å². The Kier molecular flexibility index (Phi) is 5.76. The molecule has 0 fully saturated rings. The number of aryl methyl sites for hydroxylation is 1. The number of halogens is 1. The number of nitrogens with zero attached hydrogens (tertiary/aromatic N) is 2. The molecule has 0 bridgehead atoms.